The third-order valence-electron chi connectivity index (χ3n) is 3.94. The summed E-state index contributed by atoms with van der Waals surface area (Å²) in [5, 5.41) is 0. The largest absolute Gasteiger partial charge is 0.416 e. The molecule has 0 aromatic heterocycles. The monoisotopic (exact) mass is 351 g/mol. The Hall–Kier alpha value is -1.95. The van der Waals surface area contributed by atoms with Gasteiger partial charge in [-0.15, -0.1) is 11.8 Å². The number of thioether (sulfide) groups is 1. The highest BCUT2D eigenvalue weighted by Gasteiger charge is 2.30. The average molecular weight is 351 g/mol. The van der Waals surface area contributed by atoms with E-state index in [1.807, 2.05) is 24.3 Å². The van der Waals surface area contributed by atoms with Gasteiger partial charge in [0.25, 0.3) is 0 Å². The van der Waals surface area contributed by atoms with Gasteiger partial charge in [-0.25, -0.2) is 0 Å². The fourth-order valence-corrected chi connectivity index (χ4v) is 3.62. The van der Waals surface area contributed by atoms with E-state index in [2.05, 4.69) is 0 Å². The molecule has 0 fully saturated rings. The summed E-state index contributed by atoms with van der Waals surface area (Å²) in [5.74, 6) is 0.632. The first kappa shape index (κ1) is 16.9. The molecular weight excluding hydrogens is 335 g/mol. The van der Waals surface area contributed by atoms with Crippen molar-refractivity contribution in [3.63, 3.8) is 0 Å². The smallest absolute Gasteiger partial charge is 0.311 e. The van der Waals surface area contributed by atoms with Crippen molar-refractivity contribution in [2.75, 3.05) is 17.2 Å². The van der Waals surface area contributed by atoms with Crippen molar-refractivity contribution in [1.82, 2.24) is 0 Å². The number of hydrogen-bond acceptors (Lipinski definition) is 2. The molecule has 0 spiro atoms. The lowest BCUT2D eigenvalue weighted by molar-refractivity contribution is -0.137. The van der Waals surface area contributed by atoms with Crippen molar-refractivity contribution in [3.05, 3.63) is 65.2 Å². The van der Waals surface area contributed by atoms with Crippen LogP contribution in [0.4, 0.5) is 18.9 Å². The second-order valence-electron chi connectivity index (χ2n) is 5.62. The minimum Gasteiger partial charge on any atom is -0.311 e. The molecule has 0 aliphatic carbocycles. The zero-order chi connectivity index (χ0) is 17.2. The van der Waals surface area contributed by atoms with Crippen LogP contribution < -0.4 is 4.90 Å². The van der Waals surface area contributed by atoms with Crippen LogP contribution in [-0.4, -0.2) is 18.2 Å². The van der Waals surface area contributed by atoms with Gasteiger partial charge >= 0.3 is 6.18 Å². The maximum atomic E-state index is 12.7. The Morgan fingerprint density at radius 1 is 1.12 bits per heavy atom. The molecule has 0 saturated heterocycles. The molecule has 24 heavy (non-hydrogen) atoms. The number of nitrogens with zero attached hydrogens (tertiary/aromatic N) is 1. The highest BCUT2D eigenvalue weighted by molar-refractivity contribution is 7.99. The summed E-state index contributed by atoms with van der Waals surface area (Å²) in [6.45, 7) is 0.669. The van der Waals surface area contributed by atoms with Gasteiger partial charge in [0.1, 0.15) is 0 Å². The summed E-state index contributed by atoms with van der Waals surface area (Å²) in [7, 11) is 0. The lowest BCUT2D eigenvalue weighted by atomic mass is 10.1. The predicted molar refractivity (Wildman–Crippen MR) is 90.1 cm³/mol. The Morgan fingerprint density at radius 3 is 2.71 bits per heavy atom. The van der Waals surface area contributed by atoms with E-state index in [4.69, 9.17) is 0 Å². The zero-order valence-electron chi connectivity index (χ0n) is 12.8. The number of fused-ring (bicyclic) bond motifs is 1. The van der Waals surface area contributed by atoms with E-state index >= 15 is 0 Å². The van der Waals surface area contributed by atoms with Gasteiger partial charge in [-0.1, -0.05) is 36.4 Å². The summed E-state index contributed by atoms with van der Waals surface area (Å²) >= 11 is 1.34. The van der Waals surface area contributed by atoms with Crippen LogP contribution in [0.5, 0.6) is 0 Å². The van der Waals surface area contributed by atoms with Crippen molar-refractivity contribution in [2.24, 2.45) is 0 Å². The molecule has 1 aliphatic heterocycles. The highest BCUT2D eigenvalue weighted by Crippen LogP contribution is 2.31. The number of carbonyl (C=O) groups is 1. The fourth-order valence-electron chi connectivity index (χ4n) is 2.77. The number of rotatable bonds is 4. The number of hydrogen-bond donors (Lipinski definition) is 0. The maximum absolute atomic E-state index is 12.7. The third kappa shape index (κ3) is 3.75. The fraction of sp³-hybridized carbons (Fsp3) is 0.278. The number of amides is 1. The molecule has 0 atom stereocenters. The standard InChI is InChI=1S/C18H16F3NOS/c19-18(20,21)15-6-3-4-13(10-15)11-24-12-17(23)22-9-8-14-5-1-2-7-16(14)22/h1-7,10H,8-9,11-12H2. The van der Waals surface area contributed by atoms with Gasteiger partial charge in [-0.3, -0.25) is 4.79 Å². The SMILES string of the molecule is O=C(CSCc1cccc(C(F)(F)F)c1)N1CCc2ccccc21. The van der Waals surface area contributed by atoms with E-state index in [-0.39, 0.29) is 11.7 Å². The van der Waals surface area contributed by atoms with E-state index in [0.717, 1.165) is 29.8 Å². The Balaban J connectivity index is 1.57. The number of para-hydroxylation sites is 1. The quantitative estimate of drug-likeness (QED) is 0.807. The van der Waals surface area contributed by atoms with Crippen molar-refractivity contribution < 1.29 is 18.0 Å². The van der Waals surface area contributed by atoms with Crippen molar-refractivity contribution in [1.29, 1.82) is 0 Å². The first-order chi connectivity index (χ1) is 11.4. The van der Waals surface area contributed by atoms with Crippen LogP contribution in [0, 0.1) is 0 Å². The molecule has 2 aromatic carbocycles. The van der Waals surface area contributed by atoms with E-state index < -0.39 is 11.7 Å². The normalized spacial score (nSPS) is 13.9. The zero-order valence-corrected chi connectivity index (χ0v) is 13.7. The van der Waals surface area contributed by atoms with Crippen molar-refractivity contribution in [3.8, 4) is 0 Å². The van der Waals surface area contributed by atoms with E-state index in [0.29, 0.717) is 17.9 Å². The Labute approximate surface area is 142 Å². The summed E-state index contributed by atoms with van der Waals surface area (Å²) in [4.78, 5) is 14.1. The molecule has 2 aromatic rings. The van der Waals surface area contributed by atoms with Crippen LogP contribution in [0.25, 0.3) is 0 Å². The molecule has 3 rings (SSSR count). The minimum absolute atomic E-state index is 0.00285. The molecule has 0 radical (unpaired) electrons. The summed E-state index contributed by atoms with van der Waals surface area (Å²) in [5.41, 5.74) is 2.03. The molecule has 0 unspecified atom stereocenters. The lowest BCUT2D eigenvalue weighted by Gasteiger charge is -2.17. The summed E-state index contributed by atoms with van der Waals surface area (Å²) in [6, 6.07) is 13.0. The van der Waals surface area contributed by atoms with Gasteiger partial charge in [0, 0.05) is 18.0 Å². The summed E-state index contributed by atoms with van der Waals surface area (Å²) in [6.07, 6.45) is -3.49. The molecule has 1 aliphatic rings. The van der Waals surface area contributed by atoms with Gasteiger partial charge in [0.15, 0.2) is 0 Å². The highest BCUT2D eigenvalue weighted by atomic mass is 32.2. The second-order valence-corrected chi connectivity index (χ2v) is 6.60. The van der Waals surface area contributed by atoms with Gasteiger partial charge in [0.05, 0.1) is 11.3 Å². The minimum atomic E-state index is -4.34. The molecule has 1 heterocycles. The van der Waals surface area contributed by atoms with Gasteiger partial charge in [-0.2, -0.15) is 13.2 Å². The predicted octanol–water partition coefficient (Wildman–Crippen LogP) is 4.53. The summed E-state index contributed by atoms with van der Waals surface area (Å²) < 4.78 is 38.1. The Kier molecular flexibility index (Phi) is 4.85. The molecule has 0 saturated carbocycles. The number of anilines is 1. The van der Waals surface area contributed by atoms with Crippen LogP contribution >= 0.6 is 11.8 Å². The van der Waals surface area contributed by atoms with Gasteiger partial charge in [-0.05, 0) is 29.7 Å². The molecule has 126 valence electrons. The number of benzene rings is 2. The molecular formula is C18H16F3NOS. The number of carbonyl (C=O) groups excluding carboxylic acids is 1. The van der Waals surface area contributed by atoms with Crippen LogP contribution in [-0.2, 0) is 23.1 Å². The topological polar surface area (TPSA) is 20.3 Å². The van der Waals surface area contributed by atoms with E-state index in [1.165, 1.54) is 17.8 Å². The lowest BCUT2D eigenvalue weighted by Crippen LogP contribution is -2.30. The van der Waals surface area contributed by atoms with Crippen molar-refractivity contribution >= 4 is 23.4 Å². The molecule has 1 amide bonds. The van der Waals surface area contributed by atoms with Crippen LogP contribution in [0.15, 0.2) is 48.5 Å². The van der Waals surface area contributed by atoms with Crippen LogP contribution in [0.1, 0.15) is 16.7 Å². The van der Waals surface area contributed by atoms with Crippen molar-refractivity contribution in [2.45, 2.75) is 18.3 Å². The second kappa shape index (κ2) is 6.89. The molecule has 0 bridgehead atoms. The molecule has 0 N–H and O–H groups in total. The average Bonchev–Trinajstić information content (AvgIpc) is 2.98. The van der Waals surface area contributed by atoms with E-state index in [1.54, 1.807) is 11.0 Å². The van der Waals surface area contributed by atoms with Gasteiger partial charge < -0.3 is 4.90 Å². The van der Waals surface area contributed by atoms with Crippen LogP contribution in [0.2, 0.25) is 0 Å². The Morgan fingerprint density at radius 2 is 1.92 bits per heavy atom. The maximum Gasteiger partial charge on any atom is 0.416 e. The number of halogens is 3. The first-order valence-corrected chi connectivity index (χ1v) is 8.73. The third-order valence-corrected chi connectivity index (χ3v) is 4.93. The van der Waals surface area contributed by atoms with E-state index in [9.17, 15) is 18.0 Å². The van der Waals surface area contributed by atoms with Gasteiger partial charge in [0.2, 0.25) is 5.91 Å². The molecule has 6 heteroatoms. The Bertz CT molecular complexity index is 745. The first-order valence-electron chi connectivity index (χ1n) is 7.57. The van der Waals surface area contributed by atoms with Crippen LogP contribution in [0.3, 0.4) is 0 Å². The molecule has 2 nitrogen and oxygen atoms in total. The number of alkyl halides is 3.